The van der Waals surface area contributed by atoms with Gasteiger partial charge in [-0.15, -0.1) is 0 Å². The standard InChI is InChI=1S/C14H30O5Si/c1-5-8-17-20(7-3,18-9-6-2)19-10-13(4)15-11-14-12-16-14/h13-14H,5-12H2,1-4H3. The van der Waals surface area contributed by atoms with Crippen LogP contribution in [0, 0.1) is 0 Å². The number of hydrogen-bond acceptors (Lipinski definition) is 5. The summed E-state index contributed by atoms with van der Waals surface area (Å²) in [6.45, 7) is 11.6. The predicted molar refractivity (Wildman–Crippen MR) is 79.8 cm³/mol. The summed E-state index contributed by atoms with van der Waals surface area (Å²) in [5, 5.41) is 0. The molecule has 0 aromatic rings. The zero-order valence-electron chi connectivity index (χ0n) is 13.4. The minimum atomic E-state index is -2.53. The van der Waals surface area contributed by atoms with Crippen LogP contribution < -0.4 is 0 Å². The first-order chi connectivity index (χ1) is 9.65. The molecule has 1 aliphatic heterocycles. The molecule has 0 spiro atoms. The lowest BCUT2D eigenvalue weighted by Gasteiger charge is -2.29. The Labute approximate surface area is 124 Å². The second-order valence-corrected chi connectivity index (χ2v) is 8.08. The van der Waals surface area contributed by atoms with Gasteiger partial charge in [0.15, 0.2) is 0 Å². The van der Waals surface area contributed by atoms with Crippen molar-refractivity contribution in [2.75, 3.05) is 33.0 Å². The lowest BCUT2D eigenvalue weighted by Crippen LogP contribution is -2.47. The molecule has 2 unspecified atom stereocenters. The number of hydrogen-bond donors (Lipinski definition) is 0. The largest absolute Gasteiger partial charge is 0.500 e. The molecule has 0 aliphatic carbocycles. The smallest absolute Gasteiger partial charge is 0.373 e. The Kier molecular flexibility index (Phi) is 8.91. The molecule has 1 rings (SSSR count). The third kappa shape index (κ3) is 7.15. The Bertz CT molecular complexity index is 240. The molecule has 1 heterocycles. The fraction of sp³-hybridized carbons (Fsp3) is 1.00. The average molecular weight is 306 g/mol. The zero-order valence-corrected chi connectivity index (χ0v) is 14.4. The van der Waals surface area contributed by atoms with Crippen molar-refractivity contribution in [2.24, 2.45) is 0 Å². The molecular weight excluding hydrogens is 276 g/mol. The van der Waals surface area contributed by atoms with Crippen LogP contribution in [0.25, 0.3) is 0 Å². The highest BCUT2D eigenvalue weighted by atomic mass is 28.4. The average Bonchev–Trinajstić information content (AvgIpc) is 3.29. The zero-order chi connectivity index (χ0) is 14.8. The van der Waals surface area contributed by atoms with Crippen molar-refractivity contribution < 1.29 is 22.8 Å². The molecule has 20 heavy (non-hydrogen) atoms. The van der Waals surface area contributed by atoms with Crippen LogP contribution in [0.1, 0.15) is 40.5 Å². The summed E-state index contributed by atoms with van der Waals surface area (Å²) in [5.74, 6) is 0. The first-order valence-corrected chi connectivity index (χ1v) is 9.74. The summed E-state index contributed by atoms with van der Waals surface area (Å²) in [6, 6.07) is 0.797. The molecule has 2 atom stereocenters. The summed E-state index contributed by atoms with van der Waals surface area (Å²) in [4.78, 5) is 0. The highest BCUT2D eigenvalue weighted by molar-refractivity contribution is 6.60. The molecule has 1 aliphatic rings. The summed E-state index contributed by atoms with van der Waals surface area (Å²) in [5.41, 5.74) is 0. The summed E-state index contributed by atoms with van der Waals surface area (Å²) >= 11 is 0. The van der Waals surface area contributed by atoms with E-state index < -0.39 is 8.80 Å². The monoisotopic (exact) mass is 306 g/mol. The van der Waals surface area contributed by atoms with Crippen LogP contribution in [0.5, 0.6) is 0 Å². The quantitative estimate of drug-likeness (QED) is 0.387. The highest BCUT2D eigenvalue weighted by Crippen LogP contribution is 2.17. The van der Waals surface area contributed by atoms with Crippen molar-refractivity contribution in [3.8, 4) is 0 Å². The number of rotatable bonds is 13. The maximum absolute atomic E-state index is 6.03. The van der Waals surface area contributed by atoms with Gasteiger partial charge in [-0.25, -0.2) is 0 Å². The minimum absolute atomic E-state index is 0.0353. The summed E-state index contributed by atoms with van der Waals surface area (Å²) in [7, 11) is -2.53. The molecule has 0 amide bonds. The Balaban J connectivity index is 2.35. The minimum Gasteiger partial charge on any atom is -0.373 e. The van der Waals surface area contributed by atoms with Crippen LogP contribution in [-0.4, -0.2) is 54.0 Å². The van der Waals surface area contributed by atoms with E-state index in [0.29, 0.717) is 32.5 Å². The van der Waals surface area contributed by atoms with Crippen LogP contribution in [0.3, 0.4) is 0 Å². The molecule has 0 N–H and O–H groups in total. The Morgan fingerprint density at radius 2 is 1.70 bits per heavy atom. The summed E-state index contributed by atoms with van der Waals surface area (Å²) in [6.07, 6.45) is 2.27. The predicted octanol–water partition coefficient (Wildman–Crippen LogP) is 2.62. The van der Waals surface area contributed by atoms with E-state index in [-0.39, 0.29) is 6.10 Å². The van der Waals surface area contributed by atoms with Crippen LogP contribution in [0.15, 0.2) is 0 Å². The van der Waals surface area contributed by atoms with E-state index in [9.17, 15) is 0 Å². The van der Waals surface area contributed by atoms with E-state index in [2.05, 4.69) is 20.8 Å². The molecule has 1 fully saturated rings. The molecule has 0 bridgehead atoms. The molecule has 0 aromatic carbocycles. The first-order valence-electron chi connectivity index (χ1n) is 7.80. The van der Waals surface area contributed by atoms with Crippen molar-refractivity contribution in [1.82, 2.24) is 0 Å². The summed E-state index contributed by atoms with van der Waals surface area (Å²) < 4.78 is 28.7. The lowest BCUT2D eigenvalue weighted by molar-refractivity contribution is -0.0108. The Hall–Kier alpha value is 0.0169. The molecule has 6 heteroatoms. The third-order valence-corrected chi connectivity index (χ3v) is 5.75. The van der Waals surface area contributed by atoms with Gasteiger partial charge in [0.25, 0.3) is 0 Å². The van der Waals surface area contributed by atoms with E-state index in [0.717, 1.165) is 25.5 Å². The van der Waals surface area contributed by atoms with Gasteiger partial charge in [-0.05, 0) is 19.8 Å². The van der Waals surface area contributed by atoms with E-state index in [1.807, 2.05) is 6.92 Å². The van der Waals surface area contributed by atoms with E-state index in [1.54, 1.807) is 0 Å². The SMILES string of the molecule is CCCO[Si](CC)(OCCC)OCC(C)OCC1CO1. The van der Waals surface area contributed by atoms with Gasteiger partial charge in [0.1, 0.15) is 6.10 Å². The molecule has 0 saturated carbocycles. The van der Waals surface area contributed by atoms with Gasteiger partial charge in [0, 0.05) is 19.3 Å². The van der Waals surface area contributed by atoms with Crippen LogP contribution in [0.2, 0.25) is 6.04 Å². The molecule has 5 nitrogen and oxygen atoms in total. The van der Waals surface area contributed by atoms with Crippen molar-refractivity contribution >= 4 is 8.80 Å². The third-order valence-electron chi connectivity index (χ3n) is 2.99. The lowest BCUT2D eigenvalue weighted by atomic mass is 10.4. The maximum atomic E-state index is 6.03. The molecule has 0 aromatic heterocycles. The van der Waals surface area contributed by atoms with Crippen LogP contribution >= 0.6 is 0 Å². The number of ether oxygens (including phenoxy) is 2. The van der Waals surface area contributed by atoms with Gasteiger partial charge in [-0.2, -0.15) is 0 Å². The van der Waals surface area contributed by atoms with E-state index >= 15 is 0 Å². The normalized spacial score (nSPS) is 20.1. The van der Waals surface area contributed by atoms with Gasteiger partial charge >= 0.3 is 8.80 Å². The highest BCUT2D eigenvalue weighted by Gasteiger charge is 2.39. The Morgan fingerprint density at radius 3 is 2.15 bits per heavy atom. The van der Waals surface area contributed by atoms with Crippen molar-refractivity contribution in [3.63, 3.8) is 0 Å². The second kappa shape index (κ2) is 9.86. The molecule has 120 valence electrons. The van der Waals surface area contributed by atoms with Crippen molar-refractivity contribution in [1.29, 1.82) is 0 Å². The molecule has 0 radical (unpaired) electrons. The molecular formula is C14H30O5Si. The van der Waals surface area contributed by atoms with Gasteiger partial charge in [-0.3, -0.25) is 0 Å². The fourth-order valence-electron chi connectivity index (χ4n) is 1.67. The van der Waals surface area contributed by atoms with Gasteiger partial charge in [0.05, 0.1) is 25.9 Å². The Morgan fingerprint density at radius 1 is 1.10 bits per heavy atom. The number of epoxide rings is 1. The van der Waals surface area contributed by atoms with Gasteiger partial charge in [0.2, 0.25) is 0 Å². The first kappa shape index (κ1) is 18.1. The second-order valence-electron chi connectivity index (χ2n) is 5.14. The van der Waals surface area contributed by atoms with Gasteiger partial charge in [-0.1, -0.05) is 20.8 Å². The maximum Gasteiger partial charge on any atom is 0.500 e. The van der Waals surface area contributed by atoms with E-state index in [4.69, 9.17) is 22.8 Å². The van der Waals surface area contributed by atoms with Crippen molar-refractivity contribution in [2.45, 2.75) is 58.8 Å². The van der Waals surface area contributed by atoms with Crippen LogP contribution in [0.4, 0.5) is 0 Å². The fourth-order valence-corrected chi connectivity index (χ4v) is 4.06. The topological polar surface area (TPSA) is 49.5 Å². The molecule has 1 saturated heterocycles. The van der Waals surface area contributed by atoms with Crippen molar-refractivity contribution in [3.05, 3.63) is 0 Å². The van der Waals surface area contributed by atoms with E-state index in [1.165, 1.54) is 0 Å². The van der Waals surface area contributed by atoms with Crippen LogP contribution in [-0.2, 0) is 22.8 Å². The van der Waals surface area contributed by atoms with Gasteiger partial charge < -0.3 is 22.8 Å².